The van der Waals surface area contributed by atoms with Gasteiger partial charge in [-0.15, -0.1) is 11.3 Å². The van der Waals surface area contributed by atoms with Crippen molar-refractivity contribution in [3.8, 4) is 23.1 Å². The highest BCUT2D eigenvalue weighted by Gasteiger charge is 2.09. The summed E-state index contributed by atoms with van der Waals surface area (Å²) in [6.45, 7) is 1.35. The van der Waals surface area contributed by atoms with Crippen molar-refractivity contribution in [3.63, 3.8) is 0 Å². The first kappa shape index (κ1) is 17.9. The van der Waals surface area contributed by atoms with E-state index in [1.165, 1.54) is 18.3 Å². The van der Waals surface area contributed by atoms with Crippen LogP contribution in [0.5, 0.6) is 5.75 Å². The Bertz CT molecular complexity index is 1000. The van der Waals surface area contributed by atoms with E-state index < -0.39 is 0 Å². The minimum Gasteiger partial charge on any atom is -0.427 e. The monoisotopic (exact) mass is 380 g/mol. The molecule has 0 saturated heterocycles. The lowest BCUT2D eigenvalue weighted by Crippen LogP contribution is -2.00. The Morgan fingerprint density at radius 3 is 2.50 bits per heavy atom. The molecule has 3 aromatic rings. The van der Waals surface area contributed by atoms with Crippen LogP contribution in [-0.4, -0.2) is 11.0 Å². The summed E-state index contributed by atoms with van der Waals surface area (Å²) in [7, 11) is 0. The van der Waals surface area contributed by atoms with Gasteiger partial charge in [-0.2, -0.15) is 5.26 Å². The number of halogens is 1. The highest BCUT2D eigenvalue weighted by molar-refractivity contribution is 7.11. The van der Waals surface area contributed by atoms with Gasteiger partial charge < -0.3 is 4.74 Å². The number of thiazole rings is 1. The van der Waals surface area contributed by atoms with E-state index in [4.69, 9.17) is 16.3 Å². The van der Waals surface area contributed by atoms with E-state index in [-0.39, 0.29) is 5.97 Å². The fraction of sp³-hybridized carbons (Fsp3) is 0.0500. The first-order chi connectivity index (χ1) is 12.5. The number of ether oxygens (including phenoxy) is 1. The summed E-state index contributed by atoms with van der Waals surface area (Å²) in [6, 6.07) is 16.5. The number of carbonyl (C=O) groups is 1. The number of hydrogen-bond donors (Lipinski definition) is 0. The van der Waals surface area contributed by atoms with Crippen molar-refractivity contribution in [1.82, 2.24) is 4.98 Å². The van der Waals surface area contributed by atoms with Gasteiger partial charge >= 0.3 is 5.97 Å². The van der Waals surface area contributed by atoms with Gasteiger partial charge in [0, 0.05) is 22.9 Å². The zero-order valence-electron chi connectivity index (χ0n) is 13.8. The molecule has 2 aromatic carbocycles. The second-order valence-corrected chi connectivity index (χ2v) is 6.67. The Morgan fingerprint density at radius 1 is 1.19 bits per heavy atom. The lowest BCUT2D eigenvalue weighted by molar-refractivity contribution is -0.131. The highest BCUT2D eigenvalue weighted by atomic mass is 35.5. The van der Waals surface area contributed by atoms with Crippen molar-refractivity contribution in [2.75, 3.05) is 0 Å². The molecule has 128 valence electrons. The highest BCUT2D eigenvalue weighted by Crippen LogP contribution is 2.28. The molecule has 4 nitrogen and oxygen atoms in total. The Morgan fingerprint density at radius 2 is 1.88 bits per heavy atom. The predicted molar refractivity (Wildman–Crippen MR) is 104 cm³/mol. The van der Waals surface area contributed by atoms with E-state index >= 15 is 0 Å². The van der Waals surface area contributed by atoms with E-state index in [1.54, 1.807) is 30.3 Å². The van der Waals surface area contributed by atoms with Crippen LogP contribution in [0.15, 0.2) is 53.9 Å². The third-order valence-corrected chi connectivity index (χ3v) is 4.58. The van der Waals surface area contributed by atoms with Crippen molar-refractivity contribution in [3.05, 3.63) is 69.5 Å². The van der Waals surface area contributed by atoms with E-state index in [2.05, 4.69) is 11.1 Å². The second kappa shape index (κ2) is 7.96. The number of hydrogen-bond acceptors (Lipinski definition) is 5. The number of nitriles is 1. The van der Waals surface area contributed by atoms with Crippen molar-refractivity contribution >= 4 is 40.6 Å². The topological polar surface area (TPSA) is 63.0 Å². The van der Waals surface area contributed by atoms with Gasteiger partial charge in [-0.05, 0) is 35.9 Å². The summed E-state index contributed by atoms with van der Waals surface area (Å²) >= 11 is 7.32. The van der Waals surface area contributed by atoms with E-state index in [0.29, 0.717) is 21.4 Å². The maximum absolute atomic E-state index is 11.0. The van der Waals surface area contributed by atoms with Crippen LogP contribution >= 0.6 is 22.9 Å². The van der Waals surface area contributed by atoms with Crippen molar-refractivity contribution in [1.29, 1.82) is 5.26 Å². The minimum absolute atomic E-state index is 0.372. The summed E-state index contributed by atoms with van der Waals surface area (Å²) in [5.41, 5.74) is 3.03. The van der Waals surface area contributed by atoms with Crippen molar-refractivity contribution < 1.29 is 9.53 Å². The summed E-state index contributed by atoms with van der Waals surface area (Å²) < 4.78 is 5.00. The zero-order chi connectivity index (χ0) is 18.5. The molecule has 0 radical (unpaired) electrons. The summed E-state index contributed by atoms with van der Waals surface area (Å²) in [5, 5.41) is 12.7. The first-order valence-electron chi connectivity index (χ1n) is 7.67. The van der Waals surface area contributed by atoms with Gasteiger partial charge in [-0.25, -0.2) is 4.98 Å². The number of nitrogens with zero attached hydrogens (tertiary/aromatic N) is 2. The molecule has 0 fully saturated rings. The van der Waals surface area contributed by atoms with Crippen molar-refractivity contribution in [2.24, 2.45) is 0 Å². The molecule has 26 heavy (non-hydrogen) atoms. The maximum atomic E-state index is 11.0. The van der Waals surface area contributed by atoms with Gasteiger partial charge in [0.25, 0.3) is 0 Å². The van der Waals surface area contributed by atoms with E-state index in [9.17, 15) is 10.1 Å². The molecule has 3 rings (SSSR count). The predicted octanol–water partition coefficient (Wildman–Crippen LogP) is 5.45. The van der Waals surface area contributed by atoms with Crippen LogP contribution in [0.1, 0.15) is 17.5 Å². The Balaban J connectivity index is 1.85. The molecule has 1 heterocycles. The molecule has 0 N–H and O–H groups in total. The number of carbonyl (C=O) groups excluding carboxylic acids is 1. The fourth-order valence-electron chi connectivity index (χ4n) is 2.26. The Labute approximate surface area is 160 Å². The molecule has 0 spiro atoms. The second-order valence-electron chi connectivity index (χ2n) is 5.38. The third-order valence-electron chi connectivity index (χ3n) is 3.45. The first-order valence-corrected chi connectivity index (χ1v) is 8.93. The number of esters is 1. The summed E-state index contributed by atoms with van der Waals surface area (Å²) in [4.78, 5) is 15.5. The van der Waals surface area contributed by atoms with Gasteiger partial charge in [0.2, 0.25) is 0 Å². The summed E-state index contributed by atoms with van der Waals surface area (Å²) in [6.07, 6.45) is 1.75. The fourth-order valence-corrected chi connectivity index (χ4v) is 3.18. The van der Waals surface area contributed by atoms with Crippen LogP contribution in [0.25, 0.3) is 22.9 Å². The van der Waals surface area contributed by atoms with Gasteiger partial charge in [-0.1, -0.05) is 35.9 Å². The number of benzene rings is 2. The minimum atomic E-state index is -0.372. The van der Waals surface area contributed by atoms with Crippen LogP contribution < -0.4 is 4.74 Å². The molecule has 0 saturated carbocycles. The molecule has 0 unspecified atom stereocenters. The van der Waals surface area contributed by atoms with E-state index in [0.717, 1.165) is 16.8 Å². The number of rotatable bonds is 4. The molecule has 0 aliphatic heterocycles. The lowest BCUT2D eigenvalue weighted by Gasteiger charge is -2.01. The molecule has 0 aliphatic rings. The zero-order valence-corrected chi connectivity index (χ0v) is 15.3. The normalized spacial score (nSPS) is 11.0. The quantitative estimate of drug-likeness (QED) is 0.343. The van der Waals surface area contributed by atoms with Gasteiger partial charge in [0.15, 0.2) is 0 Å². The largest absolute Gasteiger partial charge is 0.427 e. The van der Waals surface area contributed by atoms with Crippen LogP contribution in [0.4, 0.5) is 0 Å². The van der Waals surface area contributed by atoms with E-state index in [1.807, 2.05) is 29.6 Å². The average Bonchev–Trinajstić information content (AvgIpc) is 3.11. The van der Waals surface area contributed by atoms with Crippen LogP contribution in [-0.2, 0) is 4.79 Å². The standard InChI is InChI=1S/C20H13ClN2O2S/c1-13(24)25-18-8-2-14(3-9-18)10-16(11-22)20-23-19(12-26-20)15-4-6-17(21)7-5-15/h2-10,12H,1H3/b16-10-. The Kier molecular flexibility index (Phi) is 5.47. The molecule has 0 atom stereocenters. The van der Waals surface area contributed by atoms with Crippen LogP contribution in [0.3, 0.4) is 0 Å². The summed E-state index contributed by atoms with van der Waals surface area (Å²) in [5.74, 6) is 0.0935. The SMILES string of the molecule is CC(=O)Oc1ccc(/C=C(/C#N)c2nc(-c3ccc(Cl)cc3)cs2)cc1. The molecule has 0 bridgehead atoms. The van der Waals surface area contributed by atoms with Crippen LogP contribution in [0, 0.1) is 11.3 Å². The van der Waals surface area contributed by atoms with Gasteiger partial charge in [-0.3, -0.25) is 4.79 Å². The van der Waals surface area contributed by atoms with Gasteiger partial charge in [0.05, 0.1) is 11.3 Å². The maximum Gasteiger partial charge on any atom is 0.308 e. The van der Waals surface area contributed by atoms with Crippen LogP contribution in [0.2, 0.25) is 5.02 Å². The number of allylic oxidation sites excluding steroid dienone is 1. The number of aromatic nitrogens is 1. The third kappa shape index (κ3) is 4.37. The molecule has 6 heteroatoms. The van der Waals surface area contributed by atoms with Gasteiger partial charge in [0.1, 0.15) is 16.8 Å². The molecule has 0 aliphatic carbocycles. The average molecular weight is 381 g/mol. The molecular formula is C20H13ClN2O2S. The molecular weight excluding hydrogens is 368 g/mol. The Hall–Kier alpha value is -2.94. The molecule has 0 amide bonds. The lowest BCUT2D eigenvalue weighted by atomic mass is 10.1. The van der Waals surface area contributed by atoms with Crippen molar-refractivity contribution in [2.45, 2.75) is 6.92 Å². The molecule has 1 aromatic heterocycles. The smallest absolute Gasteiger partial charge is 0.308 e.